The zero-order valence-electron chi connectivity index (χ0n) is 12.7. The quantitative estimate of drug-likeness (QED) is 0.934. The second-order valence-electron chi connectivity index (χ2n) is 5.78. The van der Waals surface area contributed by atoms with Crippen LogP contribution in [0.2, 0.25) is 0 Å². The van der Waals surface area contributed by atoms with Crippen molar-refractivity contribution in [1.82, 2.24) is 20.4 Å². The molecule has 0 amide bonds. The summed E-state index contributed by atoms with van der Waals surface area (Å²) < 4.78 is 5.39. The molecule has 0 atom stereocenters. The van der Waals surface area contributed by atoms with Gasteiger partial charge in [0, 0.05) is 11.6 Å². The van der Waals surface area contributed by atoms with Gasteiger partial charge in [-0.2, -0.15) is 4.98 Å². The van der Waals surface area contributed by atoms with E-state index in [-0.39, 0.29) is 0 Å². The normalized spacial score (nSPS) is 16.5. The largest absolute Gasteiger partial charge is 0.334 e. The SMILES string of the molecule is Cc1cccc(-c2nc(CN(C)C3CCNCC3)no2)c1. The van der Waals surface area contributed by atoms with Crippen LogP contribution in [-0.4, -0.2) is 41.2 Å². The smallest absolute Gasteiger partial charge is 0.257 e. The van der Waals surface area contributed by atoms with Gasteiger partial charge < -0.3 is 9.84 Å². The van der Waals surface area contributed by atoms with E-state index in [2.05, 4.69) is 46.5 Å². The van der Waals surface area contributed by atoms with E-state index in [1.807, 2.05) is 12.1 Å². The van der Waals surface area contributed by atoms with Gasteiger partial charge in [-0.3, -0.25) is 4.90 Å². The maximum absolute atomic E-state index is 5.39. The van der Waals surface area contributed by atoms with Crippen molar-refractivity contribution in [1.29, 1.82) is 0 Å². The van der Waals surface area contributed by atoms with E-state index < -0.39 is 0 Å². The standard InChI is InChI=1S/C16H22N4O/c1-12-4-3-5-13(10-12)16-18-15(19-21-16)11-20(2)14-6-8-17-9-7-14/h3-5,10,14,17H,6-9,11H2,1-2H3. The minimum absolute atomic E-state index is 0.604. The highest BCUT2D eigenvalue weighted by Gasteiger charge is 2.19. The Kier molecular flexibility index (Phi) is 4.31. The Hall–Kier alpha value is -1.72. The number of nitrogens with one attached hydrogen (secondary N) is 1. The summed E-state index contributed by atoms with van der Waals surface area (Å²) in [6.45, 7) is 4.98. The summed E-state index contributed by atoms with van der Waals surface area (Å²) >= 11 is 0. The van der Waals surface area contributed by atoms with Crippen molar-refractivity contribution in [3.05, 3.63) is 35.7 Å². The van der Waals surface area contributed by atoms with Gasteiger partial charge in [0.1, 0.15) is 0 Å². The number of rotatable bonds is 4. The van der Waals surface area contributed by atoms with Gasteiger partial charge in [0.15, 0.2) is 5.82 Å². The van der Waals surface area contributed by atoms with Crippen LogP contribution in [0.1, 0.15) is 24.2 Å². The van der Waals surface area contributed by atoms with Gasteiger partial charge >= 0.3 is 0 Å². The summed E-state index contributed by atoms with van der Waals surface area (Å²) in [6, 6.07) is 8.74. The molecule has 1 aromatic carbocycles. The van der Waals surface area contributed by atoms with E-state index >= 15 is 0 Å². The molecule has 1 aliphatic heterocycles. The molecule has 0 saturated carbocycles. The molecule has 0 unspecified atom stereocenters. The first kappa shape index (κ1) is 14.2. The minimum atomic E-state index is 0.604. The lowest BCUT2D eigenvalue weighted by atomic mass is 10.1. The van der Waals surface area contributed by atoms with Crippen molar-refractivity contribution >= 4 is 0 Å². The van der Waals surface area contributed by atoms with Crippen molar-refractivity contribution in [2.24, 2.45) is 0 Å². The fourth-order valence-corrected chi connectivity index (χ4v) is 2.81. The summed E-state index contributed by atoms with van der Waals surface area (Å²) in [6.07, 6.45) is 2.36. The molecule has 3 rings (SSSR count). The average Bonchev–Trinajstić information content (AvgIpc) is 2.97. The van der Waals surface area contributed by atoms with E-state index in [0.717, 1.165) is 31.0 Å². The molecule has 21 heavy (non-hydrogen) atoms. The molecule has 5 nitrogen and oxygen atoms in total. The molecule has 0 spiro atoms. The lowest BCUT2D eigenvalue weighted by molar-refractivity contribution is 0.186. The lowest BCUT2D eigenvalue weighted by Gasteiger charge is -2.30. The van der Waals surface area contributed by atoms with E-state index in [4.69, 9.17) is 4.52 Å². The first-order chi connectivity index (χ1) is 10.2. The van der Waals surface area contributed by atoms with Gasteiger partial charge in [-0.1, -0.05) is 22.9 Å². The predicted molar refractivity (Wildman–Crippen MR) is 81.8 cm³/mol. The molecule has 2 heterocycles. The first-order valence-electron chi connectivity index (χ1n) is 7.53. The lowest BCUT2D eigenvalue weighted by Crippen LogP contribution is -2.40. The van der Waals surface area contributed by atoms with Crippen LogP contribution in [0.5, 0.6) is 0 Å². The number of aromatic nitrogens is 2. The fraction of sp³-hybridized carbons (Fsp3) is 0.500. The molecule has 112 valence electrons. The van der Waals surface area contributed by atoms with Crippen molar-refractivity contribution in [2.75, 3.05) is 20.1 Å². The highest BCUT2D eigenvalue weighted by molar-refractivity contribution is 5.53. The Bertz CT molecular complexity index is 589. The molecule has 1 N–H and O–H groups in total. The van der Waals surface area contributed by atoms with Crippen molar-refractivity contribution < 1.29 is 4.52 Å². The van der Waals surface area contributed by atoms with Crippen LogP contribution in [0, 0.1) is 6.92 Å². The number of benzene rings is 1. The van der Waals surface area contributed by atoms with Gasteiger partial charge in [-0.25, -0.2) is 0 Å². The summed E-state index contributed by atoms with van der Waals surface area (Å²) in [5.74, 6) is 1.36. The molecule has 5 heteroatoms. The monoisotopic (exact) mass is 286 g/mol. The molecule has 1 saturated heterocycles. The number of hydrogen-bond donors (Lipinski definition) is 1. The third kappa shape index (κ3) is 3.49. The Balaban J connectivity index is 1.67. The second-order valence-corrected chi connectivity index (χ2v) is 5.78. The molecular formula is C16H22N4O. The molecule has 1 aromatic heterocycles. The third-order valence-electron chi connectivity index (χ3n) is 4.06. The highest BCUT2D eigenvalue weighted by Crippen LogP contribution is 2.19. The first-order valence-corrected chi connectivity index (χ1v) is 7.53. The average molecular weight is 286 g/mol. The third-order valence-corrected chi connectivity index (χ3v) is 4.06. The molecule has 1 fully saturated rings. The van der Waals surface area contributed by atoms with Gasteiger partial charge in [0.05, 0.1) is 6.54 Å². The van der Waals surface area contributed by atoms with Gasteiger partial charge in [-0.15, -0.1) is 0 Å². The summed E-state index contributed by atoms with van der Waals surface area (Å²) in [4.78, 5) is 6.85. The van der Waals surface area contributed by atoms with E-state index in [0.29, 0.717) is 11.9 Å². The molecule has 0 bridgehead atoms. The topological polar surface area (TPSA) is 54.2 Å². The number of nitrogens with zero attached hydrogens (tertiary/aromatic N) is 3. The van der Waals surface area contributed by atoms with Crippen LogP contribution in [0.3, 0.4) is 0 Å². The molecule has 0 aliphatic carbocycles. The summed E-state index contributed by atoms with van der Waals surface area (Å²) in [7, 11) is 2.14. The van der Waals surface area contributed by atoms with Crippen LogP contribution in [-0.2, 0) is 6.54 Å². The Morgan fingerprint density at radius 1 is 1.33 bits per heavy atom. The van der Waals surface area contributed by atoms with Crippen LogP contribution >= 0.6 is 0 Å². The van der Waals surface area contributed by atoms with Crippen LogP contribution in [0.4, 0.5) is 0 Å². The Labute approximate surface area is 125 Å². The highest BCUT2D eigenvalue weighted by atomic mass is 16.5. The number of piperidine rings is 1. The van der Waals surface area contributed by atoms with E-state index in [1.54, 1.807) is 0 Å². The van der Waals surface area contributed by atoms with Crippen LogP contribution in [0.25, 0.3) is 11.5 Å². The molecule has 1 aliphatic rings. The van der Waals surface area contributed by atoms with Crippen LogP contribution in [0.15, 0.2) is 28.8 Å². The van der Waals surface area contributed by atoms with Gasteiger partial charge in [-0.05, 0) is 52.0 Å². The van der Waals surface area contributed by atoms with Crippen LogP contribution < -0.4 is 5.32 Å². The minimum Gasteiger partial charge on any atom is -0.334 e. The maximum Gasteiger partial charge on any atom is 0.257 e. The maximum atomic E-state index is 5.39. The zero-order chi connectivity index (χ0) is 14.7. The number of hydrogen-bond acceptors (Lipinski definition) is 5. The van der Waals surface area contributed by atoms with Crippen molar-refractivity contribution in [2.45, 2.75) is 32.4 Å². The summed E-state index contributed by atoms with van der Waals surface area (Å²) in [5, 5.41) is 7.50. The van der Waals surface area contributed by atoms with Gasteiger partial charge in [0.2, 0.25) is 0 Å². The van der Waals surface area contributed by atoms with Gasteiger partial charge in [0.25, 0.3) is 5.89 Å². The Morgan fingerprint density at radius 2 is 2.14 bits per heavy atom. The number of aryl methyl sites for hydroxylation is 1. The zero-order valence-corrected chi connectivity index (χ0v) is 12.7. The molecular weight excluding hydrogens is 264 g/mol. The van der Waals surface area contributed by atoms with E-state index in [9.17, 15) is 0 Å². The second kappa shape index (κ2) is 6.37. The van der Waals surface area contributed by atoms with Crippen molar-refractivity contribution in [3.8, 4) is 11.5 Å². The Morgan fingerprint density at radius 3 is 2.90 bits per heavy atom. The summed E-state index contributed by atoms with van der Waals surface area (Å²) in [5.41, 5.74) is 2.18. The van der Waals surface area contributed by atoms with E-state index in [1.165, 1.54) is 18.4 Å². The molecule has 0 radical (unpaired) electrons. The molecule has 2 aromatic rings. The fourth-order valence-electron chi connectivity index (χ4n) is 2.81. The van der Waals surface area contributed by atoms with Crippen molar-refractivity contribution in [3.63, 3.8) is 0 Å². The predicted octanol–water partition coefficient (Wildman–Crippen LogP) is 2.23.